The number of halogens is 2. The summed E-state index contributed by atoms with van der Waals surface area (Å²) in [5, 5.41) is 9.00. The molecule has 0 aliphatic carbocycles. The number of hydrogen-bond donors (Lipinski definition) is 1. The van der Waals surface area contributed by atoms with Gasteiger partial charge in [-0.25, -0.2) is 22.0 Å². The van der Waals surface area contributed by atoms with E-state index in [4.69, 9.17) is 5.11 Å². The van der Waals surface area contributed by atoms with Gasteiger partial charge in [0.1, 0.15) is 0 Å². The molecule has 20 heavy (non-hydrogen) atoms. The van der Waals surface area contributed by atoms with Crippen molar-refractivity contribution in [1.29, 1.82) is 0 Å². The van der Waals surface area contributed by atoms with E-state index in [-0.39, 0.29) is 10.5 Å². The van der Waals surface area contributed by atoms with Crippen LogP contribution in [0.1, 0.15) is 21.5 Å². The molecular weight excluding hydrogens is 292 g/mol. The molecule has 0 heterocycles. The van der Waals surface area contributed by atoms with E-state index in [2.05, 4.69) is 0 Å². The van der Waals surface area contributed by atoms with Crippen molar-refractivity contribution in [3.63, 3.8) is 0 Å². The van der Waals surface area contributed by atoms with E-state index in [1.165, 1.54) is 19.9 Å². The van der Waals surface area contributed by atoms with E-state index in [1.54, 1.807) is 0 Å². The van der Waals surface area contributed by atoms with Gasteiger partial charge in [0.05, 0.1) is 17.0 Å². The Hall–Kier alpha value is -1.54. The van der Waals surface area contributed by atoms with Crippen molar-refractivity contribution in [2.24, 2.45) is 0 Å². The molecule has 0 amide bonds. The van der Waals surface area contributed by atoms with Crippen molar-refractivity contribution < 1.29 is 27.1 Å². The number of alkyl halides is 2. The molecule has 0 bridgehead atoms. The van der Waals surface area contributed by atoms with Gasteiger partial charge < -0.3 is 5.11 Å². The summed E-state index contributed by atoms with van der Waals surface area (Å²) in [5.74, 6) is -1.27. The summed E-state index contributed by atoms with van der Waals surface area (Å²) in [4.78, 5) is 10.8. The monoisotopic (exact) mass is 307 g/mol. The predicted octanol–water partition coefficient (Wildman–Crippen LogP) is 1.89. The molecule has 5 nitrogen and oxygen atoms in total. The number of carboxylic acids is 1. The van der Waals surface area contributed by atoms with E-state index in [9.17, 15) is 22.0 Å². The van der Waals surface area contributed by atoms with Gasteiger partial charge in [-0.1, -0.05) is 6.07 Å². The quantitative estimate of drug-likeness (QED) is 0.901. The molecular formula is C12H15F2NO4S. The number of aryl methyl sites for hydroxylation is 2. The van der Waals surface area contributed by atoms with E-state index in [0.29, 0.717) is 15.4 Å². The molecule has 0 fully saturated rings. The van der Waals surface area contributed by atoms with E-state index < -0.39 is 29.0 Å². The second kappa shape index (κ2) is 5.84. The van der Waals surface area contributed by atoms with Crippen LogP contribution in [0.3, 0.4) is 0 Å². The lowest BCUT2D eigenvalue weighted by atomic mass is 10.1. The Balaban J connectivity index is 3.38. The number of nitrogens with zero attached hydrogens (tertiary/aromatic N) is 1. The number of benzene rings is 1. The van der Waals surface area contributed by atoms with Crippen LogP contribution in [-0.4, -0.2) is 43.8 Å². The third-order valence-electron chi connectivity index (χ3n) is 2.84. The largest absolute Gasteiger partial charge is 0.478 e. The third kappa shape index (κ3) is 3.31. The van der Waals surface area contributed by atoms with Crippen LogP contribution in [0.25, 0.3) is 0 Å². The summed E-state index contributed by atoms with van der Waals surface area (Å²) in [6, 6.07) is 2.41. The summed E-state index contributed by atoms with van der Waals surface area (Å²) in [6.45, 7) is 2.08. The van der Waals surface area contributed by atoms with Crippen LogP contribution in [0.4, 0.5) is 8.78 Å². The highest BCUT2D eigenvalue weighted by molar-refractivity contribution is 7.89. The number of carbonyl (C=O) groups is 1. The van der Waals surface area contributed by atoms with Gasteiger partial charge in [0.15, 0.2) is 0 Å². The first-order chi connectivity index (χ1) is 9.07. The van der Waals surface area contributed by atoms with Gasteiger partial charge in [0.25, 0.3) is 6.43 Å². The fourth-order valence-electron chi connectivity index (χ4n) is 1.80. The van der Waals surface area contributed by atoms with Crippen molar-refractivity contribution in [3.05, 3.63) is 28.8 Å². The zero-order valence-electron chi connectivity index (χ0n) is 11.2. The third-order valence-corrected chi connectivity index (χ3v) is 4.80. The van der Waals surface area contributed by atoms with Gasteiger partial charge in [0, 0.05) is 7.05 Å². The minimum atomic E-state index is -4.15. The van der Waals surface area contributed by atoms with Crippen LogP contribution in [0.2, 0.25) is 0 Å². The Bertz CT molecular complexity index is 629. The van der Waals surface area contributed by atoms with E-state index in [0.717, 1.165) is 13.1 Å². The highest BCUT2D eigenvalue weighted by atomic mass is 32.2. The maximum atomic E-state index is 12.3. The summed E-state index contributed by atoms with van der Waals surface area (Å²) in [7, 11) is -3.12. The Kier molecular flexibility index (Phi) is 4.82. The molecule has 0 aliphatic rings. The molecule has 112 valence electrons. The lowest BCUT2D eigenvalue weighted by Crippen LogP contribution is -2.32. The SMILES string of the molecule is Cc1cc(C)c(S(=O)(=O)N(C)CC(F)F)cc1C(=O)O. The summed E-state index contributed by atoms with van der Waals surface area (Å²) < 4.78 is 49.5. The smallest absolute Gasteiger partial charge is 0.335 e. The lowest BCUT2D eigenvalue weighted by molar-refractivity contribution is 0.0695. The zero-order valence-corrected chi connectivity index (χ0v) is 12.0. The standard InChI is InChI=1S/C12H15F2NO4S/c1-7-4-8(2)10(5-9(7)12(16)17)20(18,19)15(3)6-11(13)14/h4-5,11H,6H2,1-3H3,(H,16,17). The Labute approximate surface area is 115 Å². The highest BCUT2D eigenvalue weighted by Gasteiger charge is 2.26. The van der Waals surface area contributed by atoms with Gasteiger partial charge in [-0.05, 0) is 31.0 Å². The first-order valence-corrected chi connectivity index (χ1v) is 7.10. The molecule has 1 rings (SSSR count). The second-order valence-electron chi connectivity index (χ2n) is 4.41. The molecule has 0 spiro atoms. The van der Waals surface area contributed by atoms with Crippen molar-refractivity contribution in [3.8, 4) is 0 Å². The first-order valence-electron chi connectivity index (χ1n) is 5.66. The maximum absolute atomic E-state index is 12.3. The molecule has 0 aliphatic heterocycles. The van der Waals surface area contributed by atoms with Gasteiger partial charge in [-0.3, -0.25) is 0 Å². The van der Waals surface area contributed by atoms with Gasteiger partial charge in [0.2, 0.25) is 10.0 Å². The predicted molar refractivity (Wildman–Crippen MR) is 68.7 cm³/mol. The molecule has 0 unspecified atom stereocenters. The molecule has 1 N–H and O–H groups in total. The molecule has 0 aromatic heterocycles. The van der Waals surface area contributed by atoms with E-state index >= 15 is 0 Å². The summed E-state index contributed by atoms with van der Waals surface area (Å²) in [5.41, 5.74) is 0.554. The number of aromatic carboxylic acids is 1. The fourth-order valence-corrected chi connectivity index (χ4v) is 3.18. The minimum absolute atomic E-state index is 0.167. The molecule has 0 atom stereocenters. The number of rotatable bonds is 5. The van der Waals surface area contributed by atoms with Crippen LogP contribution in [0, 0.1) is 13.8 Å². The topological polar surface area (TPSA) is 74.7 Å². The second-order valence-corrected chi connectivity index (χ2v) is 6.43. The lowest BCUT2D eigenvalue weighted by Gasteiger charge is -2.19. The van der Waals surface area contributed by atoms with Crippen LogP contribution in [0.15, 0.2) is 17.0 Å². The first kappa shape index (κ1) is 16.5. The Morgan fingerprint density at radius 2 is 1.85 bits per heavy atom. The summed E-state index contributed by atoms with van der Waals surface area (Å²) >= 11 is 0. The van der Waals surface area contributed by atoms with Crippen LogP contribution in [0.5, 0.6) is 0 Å². The van der Waals surface area contributed by atoms with Crippen molar-refractivity contribution in [1.82, 2.24) is 4.31 Å². The maximum Gasteiger partial charge on any atom is 0.335 e. The Morgan fingerprint density at radius 3 is 2.30 bits per heavy atom. The highest BCUT2D eigenvalue weighted by Crippen LogP contribution is 2.23. The van der Waals surface area contributed by atoms with E-state index in [1.807, 2.05) is 0 Å². The average molecular weight is 307 g/mol. The molecule has 1 aromatic carbocycles. The minimum Gasteiger partial charge on any atom is -0.478 e. The molecule has 0 radical (unpaired) electrons. The van der Waals surface area contributed by atoms with Gasteiger partial charge >= 0.3 is 5.97 Å². The number of hydrogen-bond acceptors (Lipinski definition) is 3. The zero-order chi connectivity index (χ0) is 15.7. The van der Waals surface area contributed by atoms with Gasteiger partial charge in [-0.2, -0.15) is 4.31 Å². The van der Waals surface area contributed by atoms with Crippen molar-refractivity contribution in [2.75, 3.05) is 13.6 Å². The average Bonchev–Trinajstić information content (AvgIpc) is 2.26. The van der Waals surface area contributed by atoms with Crippen molar-refractivity contribution in [2.45, 2.75) is 25.2 Å². The normalized spacial score (nSPS) is 12.2. The summed E-state index contributed by atoms with van der Waals surface area (Å²) in [6.07, 6.45) is -2.81. The molecule has 1 aromatic rings. The number of sulfonamides is 1. The van der Waals surface area contributed by atoms with Crippen molar-refractivity contribution >= 4 is 16.0 Å². The molecule has 8 heteroatoms. The van der Waals surface area contributed by atoms with Gasteiger partial charge in [-0.15, -0.1) is 0 Å². The molecule has 0 saturated heterocycles. The number of carboxylic acid groups (broad SMARTS) is 1. The van der Waals surface area contributed by atoms with Crippen LogP contribution < -0.4 is 0 Å². The van der Waals surface area contributed by atoms with Crippen LogP contribution in [-0.2, 0) is 10.0 Å². The Morgan fingerprint density at radius 1 is 1.30 bits per heavy atom. The van der Waals surface area contributed by atoms with Crippen LogP contribution >= 0.6 is 0 Å². The fraction of sp³-hybridized carbons (Fsp3) is 0.417. The molecule has 0 saturated carbocycles.